The predicted molar refractivity (Wildman–Crippen MR) is 75.4 cm³/mol. The molecule has 1 nitrogen and oxygen atoms in total. The van der Waals surface area contributed by atoms with E-state index in [0.29, 0.717) is 5.88 Å². The van der Waals surface area contributed by atoms with Crippen molar-refractivity contribution in [2.45, 2.75) is 16.5 Å². The van der Waals surface area contributed by atoms with E-state index in [0.717, 1.165) is 20.1 Å². The van der Waals surface area contributed by atoms with Crippen LogP contribution in [0.2, 0.25) is 0 Å². The average molecular weight is 335 g/mol. The Balaban J connectivity index is 1.96. The highest BCUT2D eigenvalue weighted by Crippen LogP contribution is 2.27. The lowest BCUT2D eigenvalue weighted by molar-refractivity contribution is 1.25. The fourth-order valence-electron chi connectivity index (χ4n) is 1.18. The minimum atomic E-state index is 0.555. The number of aromatic nitrogens is 1. The molecule has 0 aliphatic rings. The van der Waals surface area contributed by atoms with Crippen LogP contribution in [0.25, 0.3) is 0 Å². The van der Waals surface area contributed by atoms with Crippen molar-refractivity contribution < 1.29 is 0 Å². The highest BCUT2D eigenvalue weighted by molar-refractivity contribution is 9.10. The van der Waals surface area contributed by atoms with Crippen LogP contribution in [0.3, 0.4) is 0 Å². The first kappa shape index (κ1) is 12.4. The molecule has 5 heteroatoms. The number of rotatable bonds is 4. The summed E-state index contributed by atoms with van der Waals surface area (Å²) in [5, 5.41) is 1.13. The molecule has 0 bridgehead atoms. The molecule has 84 valence electrons. The second-order valence-electron chi connectivity index (χ2n) is 3.10. The Morgan fingerprint density at radius 3 is 3.00 bits per heavy atom. The van der Waals surface area contributed by atoms with E-state index in [4.69, 9.17) is 11.6 Å². The molecule has 0 amide bonds. The second kappa shape index (κ2) is 6.05. The summed E-state index contributed by atoms with van der Waals surface area (Å²) < 4.78 is 1.11. The van der Waals surface area contributed by atoms with Crippen LogP contribution in [0.15, 0.2) is 39.8 Å². The Morgan fingerprint density at radius 2 is 2.31 bits per heavy atom. The van der Waals surface area contributed by atoms with E-state index in [1.807, 2.05) is 18.3 Å². The third-order valence-electron chi connectivity index (χ3n) is 1.89. The first-order valence-corrected chi connectivity index (χ1v) is 7.79. The number of thioether (sulfide) groups is 1. The van der Waals surface area contributed by atoms with Crippen LogP contribution in [-0.2, 0) is 11.6 Å². The minimum Gasteiger partial charge on any atom is -0.248 e. The van der Waals surface area contributed by atoms with Gasteiger partial charge in [-0.05, 0) is 18.2 Å². The van der Waals surface area contributed by atoms with Crippen molar-refractivity contribution in [3.05, 3.63) is 44.8 Å². The van der Waals surface area contributed by atoms with E-state index >= 15 is 0 Å². The Hall–Kier alpha value is -0.0300. The molecule has 0 atom stereocenters. The Kier molecular flexibility index (Phi) is 4.70. The van der Waals surface area contributed by atoms with Crippen molar-refractivity contribution in [2.24, 2.45) is 0 Å². The minimum absolute atomic E-state index is 0.555. The van der Waals surface area contributed by atoms with Crippen LogP contribution in [-0.4, -0.2) is 4.98 Å². The van der Waals surface area contributed by atoms with Crippen molar-refractivity contribution >= 4 is 50.6 Å². The van der Waals surface area contributed by atoms with Crippen LogP contribution < -0.4 is 0 Å². The number of alkyl halides is 1. The SMILES string of the molecule is ClCc1cnc(CSc2cccc(Br)c2)s1. The van der Waals surface area contributed by atoms with Crippen molar-refractivity contribution in [2.75, 3.05) is 0 Å². The molecule has 0 saturated carbocycles. The van der Waals surface area contributed by atoms with Crippen molar-refractivity contribution in [1.29, 1.82) is 0 Å². The maximum absolute atomic E-state index is 5.74. The number of hydrogen-bond donors (Lipinski definition) is 0. The molecule has 0 fully saturated rings. The van der Waals surface area contributed by atoms with Gasteiger partial charge in [0.1, 0.15) is 5.01 Å². The number of hydrogen-bond acceptors (Lipinski definition) is 3. The van der Waals surface area contributed by atoms with Crippen LogP contribution in [0.4, 0.5) is 0 Å². The van der Waals surface area contributed by atoms with E-state index in [1.54, 1.807) is 23.1 Å². The quantitative estimate of drug-likeness (QED) is 0.580. The molecular formula is C11H9BrClNS2. The summed E-state index contributed by atoms with van der Waals surface area (Å²) in [6, 6.07) is 8.28. The summed E-state index contributed by atoms with van der Waals surface area (Å²) in [5.74, 6) is 1.46. The summed E-state index contributed by atoms with van der Waals surface area (Å²) in [6.45, 7) is 0. The van der Waals surface area contributed by atoms with E-state index in [1.165, 1.54) is 4.90 Å². The molecule has 2 aromatic rings. The maximum atomic E-state index is 5.74. The number of nitrogens with zero attached hydrogens (tertiary/aromatic N) is 1. The smallest absolute Gasteiger partial charge is 0.103 e. The topological polar surface area (TPSA) is 12.9 Å². The predicted octanol–water partition coefficient (Wildman–Crippen LogP) is 4.94. The first-order chi connectivity index (χ1) is 7.78. The lowest BCUT2D eigenvalue weighted by Crippen LogP contribution is -1.77. The average Bonchev–Trinajstić information content (AvgIpc) is 2.74. The van der Waals surface area contributed by atoms with Crippen LogP contribution in [0.5, 0.6) is 0 Å². The highest BCUT2D eigenvalue weighted by Gasteiger charge is 2.02. The molecule has 0 spiro atoms. The first-order valence-electron chi connectivity index (χ1n) is 4.66. The lowest BCUT2D eigenvalue weighted by Gasteiger charge is -1.99. The Bertz CT molecular complexity index is 473. The third-order valence-corrected chi connectivity index (χ3v) is 5.02. The molecule has 0 unspecified atom stereocenters. The fourth-order valence-corrected chi connectivity index (χ4v) is 3.69. The Morgan fingerprint density at radius 1 is 1.44 bits per heavy atom. The molecule has 0 aliphatic heterocycles. The van der Waals surface area contributed by atoms with Crippen LogP contribution in [0, 0.1) is 0 Å². The van der Waals surface area contributed by atoms with Gasteiger partial charge in [0.2, 0.25) is 0 Å². The van der Waals surface area contributed by atoms with Gasteiger partial charge in [-0.3, -0.25) is 0 Å². The summed E-state index contributed by atoms with van der Waals surface area (Å²) >= 11 is 12.7. The van der Waals surface area contributed by atoms with Crippen LogP contribution in [0.1, 0.15) is 9.88 Å². The zero-order chi connectivity index (χ0) is 11.4. The van der Waals surface area contributed by atoms with Crippen molar-refractivity contribution in [3.63, 3.8) is 0 Å². The van der Waals surface area contributed by atoms with Gasteiger partial charge in [-0.1, -0.05) is 22.0 Å². The van der Waals surface area contributed by atoms with E-state index < -0.39 is 0 Å². The standard InChI is InChI=1S/C11H9BrClNS2/c12-8-2-1-3-9(4-8)15-7-11-14-6-10(5-13)16-11/h1-4,6H,5,7H2. The normalized spacial score (nSPS) is 10.6. The van der Waals surface area contributed by atoms with Gasteiger partial charge < -0.3 is 0 Å². The molecule has 1 heterocycles. The van der Waals surface area contributed by atoms with Crippen molar-refractivity contribution in [3.8, 4) is 0 Å². The summed E-state index contributed by atoms with van der Waals surface area (Å²) in [6.07, 6.45) is 1.86. The van der Waals surface area contributed by atoms with Gasteiger partial charge >= 0.3 is 0 Å². The zero-order valence-corrected chi connectivity index (χ0v) is 12.3. The number of thiazole rings is 1. The molecular weight excluding hydrogens is 326 g/mol. The Labute approximate surface area is 116 Å². The zero-order valence-electron chi connectivity index (χ0n) is 8.32. The van der Waals surface area contributed by atoms with Crippen LogP contribution >= 0.6 is 50.6 Å². The third kappa shape index (κ3) is 3.48. The summed E-state index contributed by atoms with van der Waals surface area (Å²) in [7, 11) is 0. The van der Waals surface area contributed by atoms with E-state index in [9.17, 15) is 0 Å². The van der Waals surface area contributed by atoms with Gasteiger partial charge in [-0.25, -0.2) is 4.98 Å². The summed E-state index contributed by atoms with van der Waals surface area (Å²) in [5.41, 5.74) is 0. The molecule has 1 aromatic carbocycles. The largest absolute Gasteiger partial charge is 0.248 e. The maximum Gasteiger partial charge on any atom is 0.103 e. The molecule has 1 aromatic heterocycles. The second-order valence-corrected chi connectivity index (χ2v) is 6.53. The van der Waals surface area contributed by atoms with Crippen molar-refractivity contribution in [1.82, 2.24) is 4.98 Å². The molecule has 16 heavy (non-hydrogen) atoms. The molecule has 2 rings (SSSR count). The van der Waals surface area contributed by atoms with Gasteiger partial charge in [0, 0.05) is 20.4 Å². The highest BCUT2D eigenvalue weighted by atomic mass is 79.9. The van der Waals surface area contributed by atoms with E-state index in [-0.39, 0.29) is 0 Å². The molecule has 0 radical (unpaired) electrons. The van der Waals surface area contributed by atoms with Gasteiger partial charge in [0.25, 0.3) is 0 Å². The molecule has 0 N–H and O–H groups in total. The van der Waals surface area contributed by atoms with Gasteiger partial charge in [-0.2, -0.15) is 0 Å². The monoisotopic (exact) mass is 333 g/mol. The molecule has 0 aliphatic carbocycles. The van der Waals surface area contributed by atoms with Gasteiger partial charge in [0.05, 0.1) is 11.6 Å². The van der Waals surface area contributed by atoms with Gasteiger partial charge in [0.15, 0.2) is 0 Å². The summed E-state index contributed by atoms with van der Waals surface area (Å²) in [4.78, 5) is 6.70. The number of halogens is 2. The number of benzene rings is 1. The molecule has 0 saturated heterocycles. The lowest BCUT2D eigenvalue weighted by atomic mass is 10.4. The fraction of sp³-hybridized carbons (Fsp3) is 0.182. The van der Waals surface area contributed by atoms with Gasteiger partial charge in [-0.15, -0.1) is 34.7 Å². The van der Waals surface area contributed by atoms with E-state index in [2.05, 4.69) is 33.0 Å².